The number of guanidine groups is 1. The lowest BCUT2D eigenvalue weighted by atomic mass is 10.1. The number of nitrogens with zero attached hydrogens (tertiary/aromatic N) is 1. The topological polar surface area (TPSA) is 45.7 Å². The molecule has 7 heteroatoms. The Morgan fingerprint density at radius 1 is 1.17 bits per heavy atom. The van der Waals surface area contributed by atoms with E-state index in [0.717, 1.165) is 5.56 Å². The van der Waals surface area contributed by atoms with Crippen molar-refractivity contribution in [3.63, 3.8) is 0 Å². The van der Waals surface area contributed by atoms with Gasteiger partial charge in [-0.1, -0.05) is 29.8 Å². The third kappa shape index (κ3) is 9.78. The predicted molar refractivity (Wildman–Crippen MR) is 85.5 cm³/mol. The van der Waals surface area contributed by atoms with Crippen LogP contribution < -0.4 is 10.6 Å². The van der Waals surface area contributed by atoms with Crippen LogP contribution >= 0.6 is 0 Å². The van der Waals surface area contributed by atoms with Gasteiger partial charge in [0.05, 0.1) is 6.54 Å². The van der Waals surface area contributed by atoms with E-state index in [1.165, 1.54) is 5.56 Å². The molecular formula is C16H24F3N3O. The second-order valence-corrected chi connectivity index (χ2v) is 5.13. The van der Waals surface area contributed by atoms with E-state index in [4.69, 9.17) is 0 Å². The number of hydrogen-bond donors (Lipinski definition) is 2. The Hall–Kier alpha value is -1.76. The predicted octanol–water partition coefficient (Wildman–Crippen LogP) is 3.02. The molecule has 0 bridgehead atoms. The second-order valence-electron chi connectivity index (χ2n) is 5.13. The molecule has 23 heavy (non-hydrogen) atoms. The monoisotopic (exact) mass is 331 g/mol. The fraction of sp³-hybridized carbons (Fsp3) is 0.562. The van der Waals surface area contributed by atoms with E-state index >= 15 is 0 Å². The molecule has 0 amide bonds. The number of aliphatic imine (C=N–C) groups is 1. The molecule has 2 N–H and O–H groups in total. The minimum atomic E-state index is -4.27. The average molecular weight is 331 g/mol. The molecule has 0 atom stereocenters. The number of hydrogen-bond acceptors (Lipinski definition) is 2. The molecule has 1 aromatic carbocycles. The van der Waals surface area contributed by atoms with Gasteiger partial charge in [-0.3, -0.25) is 0 Å². The molecule has 0 heterocycles. The molecule has 0 aliphatic rings. The van der Waals surface area contributed by atoms with Gasteiger partial charge in [0, 0.05) is 19.7 Å². The Balaban J connectivity index is 2.31. The van der Waals surface area contributed by atoms with Crippen molar-refractivity contribution >= 4 is 5.96 Å². The Labute approximate surface area is 135 Å². The second kappa shape index (κ2) is 10.1. The van der Waals surface area contributed by atoms with Crippen molar-refractivity contribution in [2.75, 3.05) is 26.3 Å². The lowest BCUT2D eigenvalue weighted by Crippen LogP contribution is -2.38. The maximum atomic E-state index is 11.9. The summed E-state index contributed by atoms with van der Waals surface area (Å²) in [6.45, 7) is 4.59. The van der Waals surface area contributed by atoms with Crippen molar-refractivity contribution in [1.29, 1.82) is 0 Å². The zero-order valence-electron chi connectivity index (χ0n) is 13.5. The van der Waals surface area contributed by atoms with Crippen LogP contribution in [0, 0.1) is 6.92 Å². The number of nitrogens with one attached hydrogen (secondary N) is 2. The maximum absolute atomic E-state index is 11.9. The average Bonchev–Trinajstić information content (AvgIpc) is 2.48. The summed E-state index contributed by atoms with van der Waals surface area (Å²) in [5.41, 5.74) is 2.29. The van der Waals surface area contributed by atoms with E-state index in [2.05, 4.69) is 20.4 Å². The third-order valence-electron chi connectivity index (χ3n) is 2.91. The van der Waals surface area contributed by atoms with E-state index in [0.29, 0.717) is 32.0 Å². The highest BCUT2D eigenvalue weighted by atomic mass is 19.4. The van der Waals surface area contributed by atoms with E-state index < -0.39 is 12.8 Å². The first-order valence-electron chi connectivity index (χ1n) is 7.63. The molecule has 0 unspecified atom stereocenters. The highest BCUT2D eigenvalue weighted by Crippen LogP contribution is 2.14. The van der Waals surface area contributed by atoms with Gasteiger partial charge in [-0.2, -0.15) is 13.2 Å². The summed E-state index contributed by atoms with van der Waals surface area (Å²) in [6, 6.07) is 8.10. The third-order valence-corrected chi connectivity index (χ3v) is 2.91. The Morgan fingerprint density at radius 2 is 1.87 bits per heavy atom. The minimum absolute atomic E-state index is 0.0594. The fourth-order valence-corrected chi connectivity index (χ4v) is 1.77. The van der Waals surface area contributed by atoms with Gasteiger partial charge < -0.3 is 15.4 Å². The van der Waals surface area contributed by atoms with Gasteiger partial charge in [0.1, 0.15) is 6.61 Å². The smallest absolute Gasteiger partial charge is 0.372 e. The normalized spacial score (nSPS) is 12.3. The van der Waals surface area contributed by atoms with Gasteiger partial charge in [0.25, 0.3) is 0 Å². The van der Waals surface area contributed by atoms with Crippen LogP contribution in [-0.4, -0.2) is 38.4 Å². The van der Waals surface area contributed by atoms with Crippen LogP contribution in [0.5, 0.6) is 0 Å². The van der Waals surface area contributed by atoms with Crippen LogP contribution in [0.2, 0.25) is 0 Å². The molecule has 0 fully saturated rings. The van der Waals surface area contributed by atoms with Crippen LogP contribution in [-0.2, 0) is 11.3 Å². The zero-order valence-corrected chi connectivity index (χ0v) is 13.5. The lowest BCUT2D eigenvalue weighted by molar-refractivity contribution is -0.173. The van der Waals surface area contributed by atoms with Gasteiger partial charge in [-0.15, -0.1) is 0 Å². The summed E-state index contributed by atoms with van der Waals surface area (Å²) in [5, 5.41) is 6.18. The molecule has 0 radical (unpaired) electrons. The zero-order chi connectivity index (χ0) is 17.1. The number of ether oxygens (including phenoxy) is 1. The molecule has 1 aromatic rings. The molecular weight excluding hydrogens is 307 g/mol. The summed E-state index contributed by atoms with van der Waals surface area (Å²) in [5.74, 6) is 0.642. The fourth-order valence-electron chi connectivity index (χ4n) is 1.77. The van der Waals surface area contributed by atoms with Crippen LogP contribution in [0.1, 0.15) is 24.5 Å². The molecule has 0 spiro atoms. The largest absolute Gasteiger partial charge is 0.411 e. The molecule has 130 valence electrons. The van der Waals surface area contributed by atoms with Gasteiger partial charge in [0.15, 0.2) is 5.96 Å². The molecule has 0 aliphatic carbocycles. The Kier molecular flexibility index (Phi) is 8.47. The van der Waals surface area contributed by atoms with E-state index in [1.54, 1.807) is 0 Å². The Bertz CT molecular complexity index is 472. The number of aryl methyl sites for hydroxylation is 1. The first-order chi connectivity index (χ1) is 10.9. The molecule has 0 aromatic heterocycles. The number of halogens is 3. The standard InChI is InChI=1S/C16H24F3N3O/c1-3-20-15(21-9-4-10-23-12-16(17,18)19)22-11-14-7-5-13(2)6-8-14/h5-8H,3-4,9-12H2,1-2H3,(H2,20,21,22). The Morgan fingerprint density at radius 3 is 2.48 bits per heavy atom. The number of rotatable bonds is 8. The van der Waals surface area contributed by atoms with Gasteiger partial charge in [-0.25, -0.2) is 4.99 Å². The molecule has 0 saturated heterocycles. The SMILES string of the molecule is CCNC(=NCc1ccc(C)cc1)NCCCOCC(F)(F)F. The molecule has 1 rings (SSSR count). The van der Waals surface area contributed by atoms with E-state index in [9.17, 15) is 13.2 Å². The molecule has 0 aliphatic heterocycles. The van der Waals surface area contributed by atoms with Crippen molar-refractivity contribution in [2.24, 2.45) is 4.99 Å². The van der Waals surface area contributed by atoms with Gasteiger partial charge in [0.2, 0.25) is 0 Å². The highest BCUT2D eigenvalue weighted by Gasteiger charge is 2.27. The maximum Gasteiger partial charge on any atom is 0.411 e. The summed E-state index contributed by atoms with van der Waals surface area (Å²) < 4.78 is 40.3. The highest BCUT2D eigenvalue weighted by molar-refractivity contribution is 5.79. The van der Waals surface area contributed by atoms with Crippen molar-refractivity contribution in [2.45, 2.75) is 33.0 Å². The van der Waals surface area contributed by atoms with Crippen molar-refractivity contribution in [3.8, 4) is 0 Å². The first-order valence-corrected chi connectivity index (χ1v) is 7.63. The number of benzene rings is 1. The summed E-state index contributed by atoms with van der Waals surface area (Å²) in [6.07, 6.45) is -3.79. The van der Waals surface area contributed by atoms with Crippen LogP contribution in [0.3, 0.4) is 0 Å². The van der Waals surface area contributed by atoms with E-state index in [-0.39, 0.29) is 6.61 Å². The van der Waals surface area contributed by atoms with Crippen LogP contribution in [0.4, 0.5) is 13.2 Å². The molecule has 4 nitrogen and oxygen atoms in total. The van der Waals surface area contributed by atoms with Crippen molar-refractivity contribution in [3.05, 3.63) is 35.4 Å². The number of alkyl halides is 3. The van der Waals surface area contributed by atoms with Gasteiger partial charge >= 0.3 is 6.18 Å². The van der Waals surface area contributed by atoms with Crippen molar-refractivity contribution in [1.82, 2.24) is 10.6 Å². The minimum Gasteiger partial charge on any atom is -0.372 e. The summed E-state index contributed by atoms with van der Waals surface area (Å²) >= 11 is 0. The summed E-state index contributed by atoms with van der Waals surface area (Å²) in [4.78, 5) is 4.44. The first kappa shape index (κ1) is 19.3. The van der Waals surface area contributed by atoms with E-state index in [1.807, 2.05) is 38.1 Å². The summed E-state index contributed by atoms with van der Waals surface area (Å²) in [7, 11) is 0. The quantitative estimate of drug-likeness (QED) is 0.437. The van der Waals surface area contributed by atoms with Crippen LogP contribution in [0.25, 0.3) is 0 Å². The molecule has 0 saturated carbocycles. The van der Waals surface area contributed by atoms with Gasteiger partial charge in [-0.05, 0) is 25.8 Å². The van der Waals surface area contributed by atoms with Crippen molar-refractivity contribution < 1.29 is 17.9 Å². The lowest BCUT2D eigenvalue weighted by Gasteiger charge is -2.12. The van der Waals surface area contributed by atoms with Crippen LogP contribution in [0.15, 0.2) is 29.3 Å².